The molecule has 0 saturated heterocycles. The molecule has 2 aromatic heterocycles. The molecular weight excluding hydrogens is 331 g/mol. The molecule has 1 aliphatic rings. The molecule has 0 spiro atoms. The molecule has 0 aliphatic heterocycles. The van der Waals surface area contributed by atoms with Crippen LogP contribution < -0.4 is 0 Å². The third-order valence-electron chi connectivity index (χ3n) is 3.52. The molecular formula is C13H8ClF5N2O. The normalized spacial score (nSPS) is 20.2. The summed E-state index contributed by atoms with van der Waals surface area (Å²) >= 11 is 5.68. The first-order chi connectivity index (χ1) is 10.1. The third kappa shape index (κ3) is 2.26. The molecule has 0 amide bonds. The molecule has 3 nitrogen and oxygen atoms in total. The van der Waals surface area contributed by atoms with Crippen molar-refractivity contribution in [2.75, 3.05) is 0 Å². The molecule has 0 aromatic carbocycles. The number of alkyl halides is 5. The van der Waals surface area contributed by atoms with Crippen molar-refractivity contribution in [1.29, 1.82) is 0 Å². The summed E-state index contributed by atoms with van der Waals surface area (Å²) < 4.78 is 67.5. The minimum absolute atomic E-state index is 0.0128. The van der Waals surface area contributed by atoms with E-state index in [4.69, 9.17) is 11.6 Å². The van der Waals surface area contributed by atoms with Crippen LogP contribution in [0.1, 0.15) is 22.9 Å². The first-order valence-electron chi connectivity index (χ1n) is 6.10. The molecule has 118 valence electrons. The van der Waals surface area contributed by atoms with Gasteiger partial charge in [0.1, 0.15) is 11.3 Å². The Morgan fingerprint density at radius 1 is 1.36 bits per heavy atom. The average molecular weight is 339 g/mol. The van der Waals surface area contributed by atoms with Crippen LogP contribution in [0.25, 0.3) is 5.69 Å². The predicted octanol–water partition coefficient (Wildman–Crippen LogP) is 3.77. The van der Waals surface area contributed by atoms with E-state index in [2.05, 4.69) is 4.98 Å². The van der Waals surface area contributed by atoms with Gasteiger partial charge in [0.25, 0.3) is 5.92 Å². The lowest BCUT2D eigenvalue weighted by molar-refractivity contribution is -0.142. The van der Waals surface area contributed by atoms with Gasteiger partial charge < -0.3 is 9.67 Å². The van der Waals surface area contributed by atoms with Gasteiger partial charge in [-0.05, 0) is 12.1 Å². The maximum absolute atomic E-state index is 13.6. The summed E-state index contributed by atoms with van der Waals surface area (Å²) in [4.78, 5) is 3.69. The molecule has 22 heavy (non-hydrogen) atoms. The largest absolute Gasteiger partial charge is 0.418 e. The molecule has 1 atom stereocenters. The van der Waals surface area contributed by atoms with Gasteiger partial charge in [0.2, 0.25) is 0 Å². The van der Waals surface area contributed by atoms with Crippen molar-refractivity contribution < 1.29 is 27.1 Å². The fourth-order valence-electron chi connectivity index (χ4n) is 2.58. The van der Waals surface area contributed by atoms with Gasteiger partial charge in [-0.3, -0.25) is 0 Å². The van der Waals surface area contributed by atoms with E-state index < -0.39 is 35.8 Å². The zero-order valence-electron chi connectivity index (χ0n) is 10.7. The van der Waals surface area contributed by atoms with E-state index in [9.17, 15) is 27.1 Å². The smallest absolute Gasteiger partial charge is 0.382 e. The van der Waals surface area contributed by atoms with Crippen molar-refractivity contribution in [3.63, 3.8) is 0 Å². The third-order valence-corrected chi connectivity index (χ3v) is 3.73. The Bertz CT molecular complexity index is 741. The van der Waals surface area contributed by atoms with Crippen LogP contribution in [0.5, 0.6) is 0 Å². The predicted molar refractivity (Wildman–Crippen MR) is 67.2 cm³/mol. The Labute approximate surface area is 126 Å². The Morgan fingerprint density at radius 2 is 2.05 bits per heavy atom. The fraction of sp³-hybridized carbons (Fsp3) is 0.308. The van der Waals surface area contributed by atoms with E-state index in [0.29, 0.717) is 6.20 Å². The van der Waals surface area contributed by atoms with Crippen molar-refractivity contribution in [3.05, 3.63) is 46.5 Å². The monoisotopic (exact) mass is 338 g/mol. The molecule has 0 fully saturated rings. The number of fused-ring (bicyclic) bond motifs is 1. The molecule has 0 bridgehead atoms. The average Bonchev–Trinajstić information content (AvgIpc) is 2.85. The number of halogens is 6. The highest BCUT2D eigenvalue weighted by molar-refractivity contribution is 6.29. The zero-order valence-corrected chi connectivity index (χ0v) is 11.5. The number of aliphatic hydroxyl groups excluding tert-OH is 1. The molecule has 1 unspecified atom stereocenters. The van der Waals surface area contributed by atoms with Gasteiger partial charge in [0, 0.05) is 29.3 Å². The van der Waals surface area contributed by atoms with Crippen LogP contribution in [-0.4, -0.2) is 20.6 Å². The molecule has 1 N–H and O–H groups in total. The highest BCUT2D eigenvalue weighted by Gasteiger charge is 2.53. The number of nitrogens with zero attached hydrogens (tertiary/aromatic N) is 2. The summed E-state index contributed by atoms with van der Waals surface area (Å²) in [6, 6.07) is 2.60. The Balaban J connectivity index is 2.25. The van der Waals surface area contributed by atoms with Gasteiger partial charge >= 0.3 is 6.18 Å². The first-order valence-corrected chi connectivity index (χ1v) is 6.48. The van der Waals surface area contributed by atoms with Crippen LogP contribution in [0, 0.1) is 0 Å². The summed E-state index contributed by atoms with van der Waals surface area (Å²) in [6.07, 6.45) is -6.39. The van der Waals surface area contributed by atoms with E-state index >= 15 is 0 Å². The van der Waals surface area contributed by atoms with E-state index in [-0.39, 0.29) is 16.5 Å². The van der Waals surface area contributed by atoms with Crippen molar-refractivity contribution in [1.82, 2.24) is 9.55 Å². The van der Waals surface area contributed by atoms with Crippen LogP contribution in [-0.2, 0) is 12.6 Å². The molecule has 1 aliphatic carbocycles. The number of rotatable bonds is 1. The standard InChI is InChI=1S/C13H8ClF5N2O/c14-9-3-6(1-2-20-9)21-5-7(13(17,18)19)10-8(21)4-12(15,16)11(10)22/h1-3,5,11,22H,4H2. The van der Waals surface area contributed by atoms with E-state index in [1.165, 1.54) is 18.3 Å². The van der Waals surface area contributed by atoms with Crippen LogP contribution in [0.3, 0.4) is 0 Å². The fourth-order valence-corrected chi connectivity index (χ4v) is 2.74. The van der Waals surface area contributed by atoms with Crippen LogP contribution in [0.15, 0.2) is 24.5 Å². The molecule has 0 saturated carbocycles. The summed E-state index contributed by atoms with van der Waals surface area (Å²) in [6.45, 7) is 0. The Hall–Kier alpha value is -1.67. The highest BCUT2D eigenvalue weighted by Crippen LogP contribution is 2.49. The molecule has 2 heterocycles. The van der Waals surface area contributed by atoms with Crippen LogP contribution >= 0.6 is 11.6 Å². The van der Waals surface area contributed by atoms with Crippen molar-refractivity contribution in [2.24, 2.45) is 0 Å². The molecule has 3 rings (SSSR count). The van der Waals surface area contributed by atoms with Gasteiger partial charge in [-0.15, -0.1) is 0 Å². The number of aromatic nitrogens is 2. The Morgan fingerprint density at radius 3 is 2.64 bits per heavy atom. The van der Waals surface area contributed by atoms with Gasteiger partial charge in [-0.2, -0.15) is 13.2 Å². The topological polar surface area (TPSA) is 38.0 Å². The SMILES string of the molecule is OC1c2c(C(F)(F)F)cn(-c3ccnc(Cl)c3)c2CC1(F)F. The number of aliphatic hydroxyl groups is 1. The number of hydrogen-bond acceptors (Lipinski definition) is 2. The van der Waals surface area contributed by atoms with Gasteiger partial charge in [0.15, 0.2) is 0 Å². The molecule has 0 radical (unpaired) electrons. The van der Waals surface area contributed by atoms with Crippen LogP contribution in [0.2, 0.25) is 5.15 Å². The second-order valence-electron chi connectivity index (χ2n) is 4.95. The van der Waals surface area contributed by atoms with E-state index in [1.807, 2.05) is 0 Å². The van der Waals surface area contributed by atoms with E-state index in [0.717, 1.165) is 4.57 Å². The summed E-state index contributed by atoms with van der Waals surface area (Å²) in [7, 11) is 0. The van der Waals surface area contributed by atoms with Crippen molar-refractivity contribution >= 4 is 11.6 Å². The molecule has 2 aromatic rings. The highest BCUT2D eigenvalue weighted by atomic mass is 35.5. The van der Waals surface area contributed by atoms with Crippen molar-refractivity contribution in [2.45, 2.75) is 24.6 Å². The second kappa shape index (κ2) is 4.66. The lowest BCUT2D eigenvalue weighted by Crippen LogP contribution is -2.23. The summed E-state index contributed by atoms with van der Waals surface area (Å²) in [5, 5.41) is 9.58. The van der Waals surface area contributed by atoms with Gasteiger partial charge in [0.05, 0.1) is 12.0 Å². The number of pyridine rings is 1. The summed E-state index contributed by atoms with van der Waals surface area (Å²) in [5.74, 6) is -3.65. The Kier molecular flexibility index (Phi) is 3.23. The zero-order chi connectivity index (χ0) is 16.3. The lowest BCUT2D eigenvalue weighted by Gasteiger charge is -2.16. The quantitative estimate of drug-likeness (QED) is 0.635. The van der Waals surface area contributed by atoms with Crippen molar-refractivity contribution in [3.8, 4) is 5.69 Å². The van der Waals surface area contributed by atoms with Gasteiger partial charge in [-0.25, -0.2) is 13.8 Å². The minimum atomic E-state index is -4.85. The molecule has 9 heteroatoms. The maximum Gasteiger partial charge on any atom is 0.418 e. The number of hydrogen-bond donors (Lipinski definition) is 1. The first kappa shape index (κ1) is 15.2. The summed E-state index contributed by atoms with van der Waals surface area (Å²) in [5.41, 5.74) is -2.19. The van der Waals surface area contributed by atoms with Crippen LogP contribution in [0.4, 0.5) is 22.0 Å². The van der Waals surface area contributed by atoms with Gasteiger partial charge in [-0.1, -0.05) is 11.6 Å². The second-order valence-corrected chi connectivity index (χ2v) is 5.34. The maximum atomic E-state index is 13.6. The van der Waals surface area contributed by atoms with E-state index in [1.54, 1.807) is 0 Å². The minimum Gasteiger partial charge on any atom is -0.382 e. The lowest BCUT2D eigenvalue weighted by atomic mass is 10.1.